The normalized spacial score (nSPS) is 14.2. The topological polar surface area (TPSA) is 42.0 Å². The minimum atomic E-state index is -0.478. The Hall–Kier alpha value is -2.64. The van der Waals surface area contributed by atoms with E-state index >= 15 is 0 Å². The molecule has 0 radical (unpaired) electrons. The molecule has 0 amide bonds. The van der Waals surface area contributed by atoms with E-state index in [4.69, 9.17) is 9.47 Å². The molecular weight excluding hydrogens is 415 g/mol. The van der Waals surface area contributed by atoms with Crippen molar-refractivity contribution in [2.24, 2.45) is 0 Å². The number of ether oxygens (including phenoxy) is 2. The third kappa shape index (κ3) is 4.52. The van der Waals surface area contributed by atoms with Gasteiger partial charge in [-0.2, -0.15) is 0 Å². The Balaban J connectivity index is 1.56. The van der Waals surface area contributed by atoms with E-state index in [9.17, 15) is 9.18 Å². The molecule has 0 bridgehead atoms. The molecule has 164 valence electrons. The maximum Gasteiger partial charge on any atom is 0.196 e. The number of hydrogen-bond donors (Lipinski definition) is 0. The number of ketones is 1. The van der Waals surface area contributed by atoms with Crippen molar-refractivity contribution in [2.75, 3.05) is 52.3 Å². The van der Waals surface area contributed by atoms with Gasteiger partial charge in [0.1, 0.15) is 17.4 Å². The second-order valence-corrected chi connectivity index (χ2v) is 8.94. The van der Waals surface area contributed by atoms with Crippen molar-refractivity contribution in [2.45, 2.75) is 12.8 Å². The number of carbonyl (C=O) groups excluding carboxylic acids is 1. The summed E-state index contributed by atoms with van der Waals surface area (Å²) in [6.45, 7) is 3.84. The van der Waals surface area contributed by atoms with Gasteiger partial charge in [0.25, 0.3) is 0 Å². The van der Waals surface area contributed by atoms with E-state index in [1.165, 1.54) is 37.4 Å². The lowest BCUT2D eigenvalue weighted by atomic mass is 10.0. The zero-order valence-electron chi connectivity index (χ0n) is 18.1. The summed E-state index contributed by atoms with van der Waals surface area (Å²) in [6.07, 6.45) is 2.53. The SMILES string of the molecule is COc1cc2sc(N(C)C)c(C(=O)c3ccc(OCCN4CCCC4)cc3)c2cc1F. The van der Waals surface area contributed by atoms with Crippen molar-refractivity contribution >= 4 is 32.2 Å². The summed E-state index contributed by atoms with van der Waals surface area (Å²) in [4.78, 5) is 17.7. The standard InChI is InChI=1S/C24H27FN2O3S/c1-26(2)24-22(18-14-19(25)20(29-3)15-21(18)31-24)23(28)16-6-8-17(9-7-16)30-13-12-27-10-4-5-11-27/h6-9,14-15H,4-5,10-13H2,1-3H3. The fourth-order valence-electron chi connectivity index (χ4n) is 3.92. The monoisotopic (exact) mass is 442 g/mol. The Morgan fingerprint density at radius 2 is 1.87 bits per heavy atom. The predicted molar refractivity (Wildman–Crippen MR) is 124 cm³/mol. The highest BCUT2D eigenvalue weighted by Crippen LogP contribution is 2.41. The largest absolute Gasteiger partial charge is 0.494 e. The molecule has 2 heterocycles. The van der Waals surface area contributed by atoms with Crippen LogP contribution in [0.25, 0.3) is 10.1 Å². The van der Waals surface area contributed by atoms with Crippen LogP contribution in [0.1, 0.15) is 28.8 Å². The lowest BCUT2D eigenvalue weighted by Gasteiger charge is -2.15. The predicted octanol–water partition coefficient (Wildman–Crippen LogP) is 4.82. The number of hydrogen-bond acceptors (Lipinski definition) is 6. The van der Waals surface area contributed by atoms with Crippen molar-refractivity contribution in [3.05, 3.63) is 53.3 Å². The lowest BCUT2D eigenvalue weighted by molar-refractivity contribution is 0.104. The van der Waals surface area contributed by atoms with E-state index in [2.05, 4.69) is 4.90 Å². The second kappa shape index (κ2) is 9.24. The summed E-state index contributed by atoms with van der Waals surface area (Å²) in [6, 6.07) is 10.2. The van der Waals surface area contributed by atoms with Crippen LogP contribution in [0, 0.1) is 5.82 Å². The molecule has 1 fully saturated rings. The van der Waals surface area contributed by atoms with Crippen molar-refractivity contribution in [1.82, 2.24) is 4.90 Å². The molecule has 0 N–H and O–H groups in total. The molecule has 0 aliphatic carbocycles. The van der Waals surface area contributed by atoms with E-state index in [-0.39, 0.29) is 11.5 Å². The van der Waals surface area contributed by atoms with Crippen molar-refractivity contribution < 1.29 is 18.7 Å². The van der Waals surface area contributed by atoms with Crippen molar-refractivity contribution in [3.8, 4) is 11.5 Å². The molecule has 1 aliphatic rings. The van der Waals surface area contributed by atoms with Gasteiger partial charge in [0, 0.05) is 42.4 Å². The third-order valence-electron chi connectivity index (χ3n) is 5.57. The van der Waals surface area contributed by atoms with Crippen molar-refractivity contribution in [3.63, 3.8) is 0 Å². The fraction of sp³-hybridized carbons (Fsp3) is 0.375. The summed E-state index contributed by atoms with van der Waals surface area (Å²) < 4.78 is 26.2. The average Bonchev–Trinajstić information content (AvgIpc) is 3.41. The second-order valence-electron chi connectivity index (χ2n) is 7.91. The van der Waals surface area contributed by atoms with Gasteiger partial charge in [-0.15, -0.1) is 11.3 Å². The first-order valence-corrected chi connectivity index (χ1v) is 11.3. The number of anilines is 1. The van der Waals surface area contributed by atoms with Gasteiger partial charge < -0.3 is 14.4 Å². The maximum absolute atomic E-state index is 14.4. The number of nitrogens with zero attached hydrogens (tertiary/aromatic N) is 2. The van der Waals surface area contributed by atoms with Crippen LogP contribution in [0.4, 0.5) is 9.39 Å². The zero-order valence-corrected chi connectivity index (χ0v) is 18.9. The number of carbonyl (C=O) groups is 1. The van der Waals surface area contributed by atoms with Crippen LogP contribution < -0.4 is 14.4 Å². The van der Waals surface area contributed by atoms with Gasteiger partial charge in [-0.3, -0.25) is 9.69 Å². The number of methoxy groups -OCH3 is 1. The number of rotatable bonds is 8. The van der Waals surface area contributed by atoms with Crippen LogP contribution in [0.2, 0.25) is 0 Å². The number of likely N-dealkylation sites (tertiary alicyclic amines) is 1. The number of fused-ring (bicyclic) bond motifs is 1. The van der Waals surface area contributed by atoms with E-state index in [0.717, 1.165) is 35.1 Å². The minimum Gasteiger partial charge on any atom is -0.494 e. The van der Waals surface area contributed by atoms with Crippen LogP contribution in [-0.4, -0.2) is 58.1 Å². The highest BCUT2D eigenvalue weighted by Gasteiger charge is 2.23. The zero-order chi connectivity index (χ0) is 22.0. The van der Waals surface area contributed by atoms with E-state index in [0.29, 0.717) is 23.1 Å². The van der Waals surface area contributed by atoms with Gasteiger partial charge >= 0.3 is 0 Å². The Bertz CT molecular complexity index is 1070. The Morgan fingerprint density at radius 3 is 2.52 bits per heavy atom. The summed E-state index contributed by atoms with van der Waals surface area (Å²) in [5.41, 5.74) is 1.06. The molecule has 2 aromatic carbocycles. The third-order valence-corrected chi connectivity index (χ3v) is 6.89. The van der Waals surface area contributed by atoms with Gasteiger partial charge in [0.05, 0.1) is 12.7 Å². The average molecular weight is 443 g/mol. The summed E-state index contributed by atoms with van der Waals surface area (Å²) >= 11 is 1.45. The summed E-state index contributed by atoms with van der Waals surface area (Å²) in [5, 5.41) is 1.39. The molecule has 0 atom stereocenters. The van der Waals surface area contributed by atoms with Crippen LogP contribution in [0.5, 0.6) is 11.5 Å². The van der Waals surface area contributed by atoms with Gasteiger partial charge in [0.15, 0.2) is 17.3 Å². The molecule has 4 rings (SSSR count). The molecule has 1 aromatic heterocycles. The van der Waals surface area contributed by atoms with Crippen molar-refractivity contribution in [1.29, 1.82) is 0 Å². The van der Waals surface area contributed by atoms with Crippen LogP contribution in [0.3, 0.4) is 0 Å². The molecule has 5 nitrogen and oxygen atoms in total. The smallest absolute Gasteiger partial charge is 0.196 e. The lowest BCUT2D eigenvalue weighted by Crippen LogP contribution is -2.25. The van der Waals surface area contributed by atoms with Gasteiger partial charge in [0.2, 0.25) is 0 Å². The molecule has 7 heteroatoms. The molecule has 3 aromatic rings. The quantitative estimate of drug-likeness (QED) is 0.468. The van der Waals surface area contributed by atoms with Crippen LogP contribution in [-0.2, 0) is 0 Å². The van der Waals surface area contributed by atoms with Crippen LogP contribution in [0.15, 0.2) is 36.4 Å². The van der Waals surface area contributed by atoms with Gasteiger partial charge in [-0.05, 0) is 56.3 Å². The van der Waals surface area contributed by atoms with Crippen LogP contribution >= 0.6 is 11.3 Å². The summed E-state index contributed by atoms with van der Waals surface area (Å²) in [5.74, 6) is 0.306. The molecule has 0 unspecified atom stereocenters. The highest BCUT2D eigenvalue weighted by atomic mass is 32.1. The fourth-order valence-corrected chi connectivity index (χ4v) is 5.05. The Kier molecular flexibility index (Phi) is 6.43. The van der Waals surface area contributed by atoms with E-state index < -0.39 is 5.82 Å². The highest BCUT2D eigenvalue weighted by molar-refractivity contribution is 7.23. The number of benzene rings is 2. The van der Waals surface area contributed by atoms with Gasteiger partial charge in [-0.1, -0.05) is 0 Å². The molecule has 0 spiro atoms. The molecular formula is C24H27FN2O3S. The molecule has 0 saturated carbocycles. The Labute approximate surface area is 186 Å². The Morgan fingerprint density at radius 1 is 1.16 bits per heavy atom. The first kappa shape index (κ1) is 21.6. The van der Waals surface area contributed by atoms with E-state index in [1.54, 1.807) is 18.2 Å². The minimum absolute atomic E-state index is 0.136. The van der Waals surface area contributed by atoms with E-state index in [1.807, 2.05) is 31.1 Å². The maximum atomic E-state index is 14.4. The first-order valence-electron chi connectivity index (χ1n) is 10.4. The first-order chi connectivity index (χ1) is 15.0. The number of halogens is 1. The molecule has 31 heavy (non-hydrogen) atoms. The molecule has 1 saturated heterocycles. The van der Waals surface area contributed by atoms with Gasteiger partial charge in [-0.25, -0.2) is 4.39 Å². The molecule has 1 aliphatic heterocycles. The summed E-state index contributed by atoms with van der Waals surface area (Å²) in [7, 11) is 5.20. The number of thiophene rings is 1.